The molecule has 2 aromatic heterocycles. The number of rotatable bonds is 1. The first-order valence-electron chi connectivity index (χ1n) is 5.60. The fourth-order valence-corrected chi connectivity index (χ4v) is 2.30. The Kier molecular flexibility index (Phi) is 3.38. The van der Waals surface area contributed by atoms with Gasteiger partial charge < -0.3 is 5.73 Å². The van der Waals surface area contributed by atoms with Crippen LogP contribution < -0.4 is 5.73 Å². The second kappa shape index (κ2) is 5.05. The first-order chi connectivity index (χ1) is 9.54. The molecule has 0 saturated heterocycles. The molecular weight excluding hydrogens is 319 g/mol. The number of hydrogen-bond acceptors (Lipinski definition) is 4. The highest BCUT2D eigenvalue weighted by atomic mass is 35.5. The van der Waals surface area contributed by atoms with Crippen molar-refractivity contribution < 1.29 is 0 Å². The van der Waals surface area contributed by atoms with Crippen LogP contribution >= 0.6 is 34.8 Å². The summed E-state index contributed by atoms with van der Waals surface area (Å²) in [5.74, 6) is 0.155. The maximum Gasteiger partial charge on any atom is 0.221 e. The molecule has 0 aliphatic heterocycles. The summed E-state index contributed by atoms with van der Waals surface area (Å²) in [7, 11) is 0. The van der Waals surface area contributed by atoms with Gasteiger partial charge >= 0.3 is 0 Å². The van der Waals surface area contributed by atoms with Crippen LogP contribution in [-0.2, 0) is 0 Å². The molecule has 20 heavy (non-hydrogen) atoms. The van der Waals surface area contributed by atoms with Crippen LogP contribution in [0.2, 0.25) is 15.2 Å². The summed E-state index contributed by atoms with van der Waals surface area (Å²) in [5.41, 5.74) is 8.21. The molecule has 0 fully saturated rings. The summed E-state index contributed by atoms with van der Waals surface area (Å²) in [5, 5.41) is 1.25. The zero-order valence-corrected chi connectivity index (χ0v) is 12.2. The zero-order valence-electron chi connectivity index (χ0n) is 9.94. The second-order valence-corrected chi connectivity index (χ2v) is 5.26. The normalized spacial score (nSPS) is 10.9. The summed E-state index contributed by atoms with van der Waals surface area (Å²) in [6.45, 7) is 0. The number of aromatic nitrogens is 3. The Labute approximate surface area is 129 Å². The number of nitrogens with zero attached hydrogens (tertiary/aromatic N) is 3. The predicted octanol–water partition coefficient (Wildman–Crippen LogP) is 4.23. The van der Waals surface area contributed by atoms with E-state index in [2.05, 4.69) is 15.0 Å². The van der Waals surface area contributed by atoms with Gasteiger partial charge in [0.2, 0.25) is 5.95 Å². The van der Waals surface area contributed by atoms with Crippen molar-refractivity contribution in [2.24, 2.45) is 0 Å². The van der Waals surface area contributed by atoms with Gasteiger partial charge in [-0.05, 0) is 24.3 Å². The van der Waals surface area contributed by atoms with Crippen molar-refractivity contribution in [3.8, 4) is 11.3 Å². The van der Waals surface area contributed by atoms with E-state index < -0.39 is 0 Å². The number of anilines is 1. The summed E-state index contributed by atoms with van der Waals surface area (Å²) in [6.07, 6.45) is 0. The molecule has 0 bridgehead atoms. The molecule has 2 heterocycles. The lowest BCUT2D eigenvalue weighted by atomic mass is 10.1. The lowest BCUT2D eigenvalue weighted by Gasteiger charge is -2.07. The molecule has 0 amide bonds. The molecule has 0 aliphatic carbocycles. The number of nitrogens with two attached hydrogens (primary N) is 1. The average Bonchev–Trinajstić information content (AvgIpc) is 2.41. The van der Waals surface area contributed by atoms with Crippen LogP contribution in [0.5, 0.6) is 0 Å². The first-order valence-corrected chi connectivity index (χ1v) is 6.73. The molecule has 4 nitrogen and oxygen atoms in total. The number of pyridine rings is 1. The van der Waals surface area contributed by atoms with Gasteiger partial charge in [-0.1, -0.05) is 40.9 Å². The highest BCUT2D eigenvalue weighted by Crippen LogP contribution is 2.31. The maximum absolute atomic E-state index is 6.03. The smallest absolute Gasteiger partial charge is 0.221 e. The van der Waals surface area contributed by atoms with Crippen molar-refractivity contribution >= 4 is 51.8 Å². The van der Waals surface area contributed by atoms with Gasteiger partial charge in [0.25, 0.3) is 0 Å². The number of benzene rings is 1. The highest BCUT2D eigenvalue weighted by molar-refractivity contribution is 6.42. The van der Waals surface area contributed by atoms with E-state index in [0.29, 0.717) is 31.9 Å². The molecule has 1 aromatic carbocycles. The van der Waals surface area contributed by atoms with Crippen LogP contribution in [0.1, 0.15) is 0 Å². The molecular formula is C13H7Cl3N4. The molecule has 3 aromatic rings. The average molecular weight is 326 g/mol. The van der Waals surface area contributed by atoms with Crippen molar-refractivity contribution in [1.82, 2.24) is 15.0 Å². The Balaban J connectivity index is 2.33. The minimum Gasteiger partial charge on any atom is -0.368 e. The van der Waals surface area contributed by atoms with E-state index in [1.54, 1.807) is 30.3 Å². The summed E-state index contributed by atoms with van der Waals surface area (Å²) in [4.78, 5) is 12.6. The first kappa shape index (κ1) is 13.4. The van der Waals surface area contributed by atoms with Crippen molar-refractivity contribution in [2.45, 2.75) is 0 Å². The van der Waals surface area contributed by atoms with Gasteiger partial charge in [-0.2, -0.15) is 0 Å². The SMILES string of the molecule is Nc1nc(-c2ccc(Cl)c(Cl)c2)c2nc(Cl)ccc2n1. The second-order valence-electron chi connectivity index (χ2n) is 4.06. The molecule has 3 rings (SSSR count). The van der Waals surface area contributed by atoms with Crippen LogP contribution in [0.15, 0.2) is 30.3 Å². The van der Waals surface area contributed by atoms with Crippen LogP contribution in [0.3, 0.4) is 0 Å². The highest BCUT2D eigenvalue weighted by Gasteiger charge is 2.12. The molecule has 7 heteroatoms. The van der Waals surface area contributed by atoms with Crippen LogP contribution in [-0.4, -0.2) is 15.0 Å². The van der Waals surface area contributed by atoms with E-state index in [0.717, 1.165) is 5.56 Å². The van der Waals surface area contributed by atoms with Gasteiger partial charge in [0, 0.05) is 5.56 Å². The topological polar surface area (TPSA) is 64.7 Å². The van der Waals surface area contributed by atoms with Crippen molar-refractivity contribution in [1.29, 1.82) is 0 Å². The van der Waals surface area contributed by atoms with E-state index in [-0.39, 0.29) is 5.95 Å². The fraction of sp³-hybridized carbons (Fsp3) is 0. The Hall–Kier alpha value is -1.62. The molecule has 0 unspecified atom stereocenters. The van der Waals surface area contributed by atoms with Gasteiger partial charge in [-0.15, -0.1) is 0 Å². The van der Waals surface area contributed by atoms with E-state index >= 15 is 0 Å². The molecule has 0 saturated carbocycles. The molecule has 2 N–H and O–H groups in total. The van der Waals surface area contributed by atoms with Crippen LogP contribution in [0, 0.1) is 0 Å². The molecule has 100 valence electrons. The third-order valence-corrected chi connectivity index (χ3v) is 3.67. The van der Waals surface area contributed by atoms with Gasteiger partial charge in [0.15, 0.2) is 0 Å². The van der Waals surface area contributed by atoms with Gasteiger partial charge in [0.1, 0.15) is 16.4 Å². The molecule has 0 spiro atoms. The fourth-order valence-electron chi connectivity index (χ4n) is 1.85. The summed E-state index contributed by atoms with van der Waals surface area (Å²) >= 11 is 17.9. The molecule has 0 aliphatic rings. The van der Waals surface area contributed by atoms with Gasteiger partial charge in [-0.3, -0.25) is 0 Å². The number of hydrogen-bond donors (Lipinski definition) is 1. The van der Waals surface area contributed by atoms with Crippen LogP contribution in [0.25, 0.3) is 22.3 Å². The lowest BCUT2D eigenvalue weighted by molar-refractivity contribution is 1.21. The Morgan fingerprint density at radius 1 is 0.850 bits per heavy atom. The molecule has 0 radical (unpaired) electrons. The minimum atomic E-state index is 0.155. The maximum atomic E-state index is 6.03. The number of fused-ring (bicyclic) bond motifs is 1. The Bertz CT molecular complexity index is 820. The van der Waals surface area contributed by atoms with E-state index in [1.165, 1.54) is 0 Å². The number of nitrogen functional groups attached to an aromatic ring is 1. The van der Waals surface area contributed by atoms with Gasteiger partial charge in [-0.25, -0.2) is 15.0 Å². The largest absolute Gasteiger partial charge is 0.368 e. The van der Waals surface area contributed by atoms with Gasteiger partial charge in [0.05, 0.1) is 15.6 Å². The van der Waals surface area contributed by atoms with E-state index in [1.807, 2.05) is 0 Å². The summed E-state index contributed by atoms with van der Waals surface area (Å²) < 4.78 is 0. The lowest BCUT2D eigenvalue weighted by Crippen LogP contribution is -1.99. The van der Waals surface area contributed by atoms with Crippen LogP contribution in [0.4, 0.5) is 5.95 Å². The van der Waals surface area contributed by atoms with Crippen molar-refractivity contribution in [3.63, 3.8) is 0 Å². The molecule has 0 atom stereocenters. The van der Waals surface area contributed by atoms with E-state index in [9.17, 15) is 0 Å². The third-order valence-electron chi connectivity index (χ3n) is 2.72. The van der Waals surface area contributed by atoms with Crippen molar-refractivity contribution in [3.05, 3.63) is 45.5 Å². The summed E-state index contributed by atoms with van der Waals surface area (Å²) in [6, 6.07) is 8.57. The minimum absolute atomic E-state index is 0.155. The Morgan fingerprint density at radius 2 is 1.65 bits per heavy atom. The van der Waals surface area contributed by atoms with Crippen molar-refractivity contribution in [2.75, 3.05) is 5.73 Å². The monoisotopic (exact) mass is 324 g/mol. The van der Waals surface area contributed by atoms with E-state index in [4.69, 9.17) is 40.5 Å². The third kappa shape index (κ3) is 2.38. The zero-order chi connectivity index (χ0) is 14.3. The standard InChI is InChI=1S/C13H7Cl3N4/c14-7-2-1-6(5-8(7)15)11-12-9(18-13(17)20-11)3-4-10(16)19-12/h1-5H,(H2,17,18,20). The Morgan fingerprint density at radius 3 is 2.40 bits per heavy atom. The quantitative estimate of drug-likeness (QED) is 0.680. The number of halogens is 3. The predicted molar refractivity (Wildman–Crippen MR) is 82.2 cm³/mol.